The zero-order chi connectivity index (χ0) is 21.6. The fraction of sp³-hybridized carbons (Fsp3) is 0.440. The van der Waals surface area contributed by atoms with Crippen LogP contribution < -0.4 is 15.8 Å². The maximum Gasteiger partial charge on any atom is 0.213 e. The van der Waals surface area contributed by atoms with E-state index >= 15 is 0 Å². The van der Waals surface area contributed by atoms with Crippen molar-refractivity contribution in [1.82, 2.24) is 15.3 Å². The largest absolute Gasteiger partial charge is 0.481 e. The van der Waals surface area contributed by atoms with Crippen LogP contribution in [0.25, 0.3) is 11.0 Å². The van der Waals surface area contributed by atoms with Gasteiger partial charge in [-0.15, -0.1) is 0 Å². The highest BCUT2D eigenvalue weighted by Gasteiger charge is 2.27. The molecule has 1 aliphatic rings. The summed E-state index contributed by atoms with van der Waals surface area (Å²) in [6.07, 6.45) is 5.65. The summed E-state index contributed by atoms with van der Waals surface area (Å²) in [5, 5.41) is 3.62. The van der Waals surface area contributed by atoms with Crippen LogP contribution in [-0.2, 0) is 24.1 Å². The van der Waals surface area contributed by atoms with Gasteiger partial charge in [0, 0.05) is 30.9 Å². The number of nitrogens with one attached hydrogen (secondary N) is 1. The number of hydrogen-bond acceptors (Lipinski definition) is 6. The molecule has 0 aliphatic carbocycles. The van der Waals surface area contributed by atoms with E-state index in [1.54, 1.807) is 7.11 Å². The van der Waals surface area contributed by atoms with Gasteiger partial charge in [-0.1, -0.05) is 31.2 Å². The Morgan fingerprint density at radius 3 is 2.65 bits per heavy atom. The van der Waals surface area contributed by atoms with E-state index in [1.807, 2.05) is 24.4 Å². The number of hydrogen-bond donors (Lipinski definition) is 2. The van der Waals surface area contributed by atoms with Gasteiger partial charge in [0.2, 0.25) is 5.88 Å². The molecule has 6 heteroatoms. The third kappa shape index (κ3) is 5.39. The fourth-order valence-electron chi connectivity index (χ4n) is 4.15. The second kappa shape index (κ2) is 10.2. The molecule has 3 heterocycles. The van der Waals surface area contributed by atoms with Crippen molar-refractivity contribution < 1.29 is 9.47 Å². The Balaban J connectivity index is 1.30. The maximum atomic E-state index is 6.55. The molecular weight excluding hydrogens is 388 g/mol. The third-order valence-electron chi connectivity index (χ3n) is 6.12. The Labute approximate surface area is 184 Å². The minimum Gasteiger partial charge on any atom is -0.481 e. The smallest absolute Gasteiger partial charge is 0.213 e. The van der Waals surface area contributed by atoms with Gasteiger partial charge in [-0.2, -0.15) is 0 Å². The molecule has 31 heavy (non-hydrogen) atoms. The molecule has 0 saturated carbocycles. The predicted molar refractivity (Wildman–Crippen MR) is 123 cm³/mol. The number of methoxy groups -OCH3 is 1. The number of aryl methyl sites for hydroxylation is 1. The molecule has 1 fully saturated rings. The molecule has 1 aromatic carbocycles. The number of benzene rings is 1. The summed E-state index contributed by atoms with van der Waals surface area (Å²) in [6, 6.07) is 14.8. The number of aromatic nitrogens is 2. The molecule has 6 nitrogen and oxygen atoms in total. The number of nitrogens with zero attached hydrogens (tertiary/aromatic N) is 2. The second-order valence-corrected chi connectivity index (χ2v) is 8.26. The van der Waals surface area contributed by atoms with Crippen LogP contribution in [0.1, 0.15) is 36.5 Å². The summed E-state index contributed by atoms with van der Waals surface area (Å²) < 4.78 is 11.4. The van der Waals surface area contributed by atoms with Crippen molar-refractivity contribution in [3.63, 3.8) is 0 Å². The zero-order valence-corrected chi connectivity index (χ0v) is 18.4. The van der Waals surface area contributed by atoms with Gasteiger partial charge in [0.25, 0.3) is 0 Å². The molecule has 0 radical (unpaired) electrons. The van der Waals surface area contributed by atoms with Gasteiger partial charge < -0.3 is 20.5 Å². The average molecular weight is 421 g/mol. The molecule has 3 atom stereocenters. The van der Waals surface area contributed by atoms with Gasteiger partial charge in [-0.05, 0) is 54.5 Å². The van der Waals surface area contributed by atoms with Crippen LogP contribution in [0, 0.1) is 0 Å². The predicted octanol–water partition coefficient (Wildman–Crippen LogP) is 3.41. The quantitative estimate of drug-likeness (QED) is 0.581. The van der Waals surface area contributed by atoms with Crippen molar-refractivity contribution in [1.29, 1.82) is 0 Å². The van der Waals surface area contributed by atoms with Gasteiger partial charge in [0.1, 0.15) is 0 Å². The Kier molecular flexibility index (Phi) is 7.12. The molecule has 1 aliphatic heterocycles. The fourth-order valence-corrected chi connectivity index (χ4v) is 4.15. The van der Waals surface area contributed by atoms with Crippen LogP contribution in [0.5, 0.6) is 5.88 Å². The lowest BCUT2D eigenvalue weighted by Gasteiger charge is -2.33. The van der Waals surface area contributed by atoms with E-state index in [4.69, 9.17) is 15.2 Å². The van der Waals surface area contributed by atoms with Crippen molar-refractivity contribution >= 4 is 11.0 Å². The zero-order valence-electron chi connectivity index (χ0n) is 18.4. The monoisotopic (exact) mass is 420 g/mol. The van der Waals surface area contributed by atoms with Crippen LogP contribution in [0.2, 0.25) is 0 Å². The van der Waals surface area contributed by atoms with Crippen molar-refractivity contribution in [3.05, 3.63) is 65.4 Å². The van der Waals surface area contributed by atoms with E-state index < -0.39 is 0 Å². The van der Waals surface area contributed by atoms with Crippen molar-refractivity contribution in [2.75, 3.05) is 13.7 Å². The molecule has 0 amide bonds. The van der Waals surface area contributed by atoms with E-state index in [-0.39, 0.29) is 12.1 Å². The van der Waals surface area contributed by atoms with E-state index in [0.29, 0.717) is 24.9 Å². The molecule has 164 valence electrons. The van der Waals surface area contributed by atoms with Gasteiger partial charge in [0.15, 0.2) is 0 Å². The number of rotatable bonds is 8. The summed E-state index contributed by atoms with van der Waals surface area (Å²) in [7, 11) is 1.62. The van der Waals surface area contributed by atoms with E-state index in [1.165, 1.54) is 11.1 Å². The molecule has 0 spiro atoms. The molecule has 1 unspecified atom stereocenters. The first-order valence-electron chi connectivity index (χ1n) is 11.1. The number of ether oxygens (including phenoxy) is 2. The van der Waals surface area contributed by atoms with Gasteiger partial charge in [0.05, 0.1) is 30.9 Å². The van der Waals surface area contributed by atoms with Crippen LogP contribution >= 0.6 is 0 Å². The van der Waals surface area contributed by atoms with Crippen molar-refractivity contribution in [2.45, 2.75) is 57.3 Å². The summed E-state index contributed by atoms with van der Waals surface area (Å²) in [5.41, 5.74) is 12.0. The lowest BCUT2D eigenvalue weighted by Crippen LogP contribution is -2.46. The van der Waals surface area contributed by atoms with Crippen LogP contribution in [-0.4, -0.2) is 41.9 Å². The summed E-state index contributed by atoms with van der Waals surface area (Å²) >= 11 is 0. The summed E-state index contributed by atoms with van der Waals surface area (Å²) in [4.78, 5) is 8.98. The van der Waals surface area contributed by atoms with E-state index in [9.17, 15) is 0 Å². The van der Waals surface area contributed by atoms with Gasteiger partial charge >= 0.3 is 0 Å². The Bertz CT molecular complexity index is 984. The SMILES string of the molecule is CCc1ccc(CN[C@@H]2CC[C@@H](C(N)Cc3ccnc4ccc(OC)nc34)OC2)cc1. The molecule has 0 bridgehead atoms. The molecule has 1 saturated heterocycles. The summed E-state index contributed by atoms with van der Waals surface area (Å²) in [5.74, 6) is 0.586. The topological polar surface area (TPSA) is 82.3 Å². The lowest BCUT2D eigenvalue weighted by molar-refractivity contribution is -0.0166. The Hall–Kier alpha value is -2.54. The summed E-state index contributed by atoms with van der Waals surface area (Å²) in [6.45, 7) is 3.73. The standard InChI is InChI=1S/C25H32N4O2/c1-3-17-4-6-18(7-5-17)15-28-20-8-10-23(31-16-20)21(26)14-19-12-13-27-22-9-11-24(30-2)29-25(19)22/h4-7,9,11-13,20-21,23,28H,3,8,10,14-16,26H2,1-2H3/t20-,21?,23+/m1/s1. The molecule has 3 N–H and O–H groups in total. The molecule has 3 aromatic rings. The van der Waals surface area contributed by atoms with Gasteiger partial charge in [-0.3, -0.25) is 4.98 Å². The molecule has 4 rings (SSSR count). The van der Waals surface area contributed by atoms with Crippen LogP contribution in [0.4, 0.5) is 0 Å². The second-order valence-electron chi connectivity index (χ2n) is 8.26. The van der Waals surface area contributed by atoms with E-state index in [2.05, 4.69) is 46.5 Å². The van der Waals surface area contributed by atoms with Crippen molar-refractivity contribution in [3.8, 4) is 5.88 Å². The third-order valence-corrected chi connectivity index (χ3v) is 6.12. The average Bonchev–Trinajstić information content (AvgIpc) is 2.83. The Morgan fingerprint density at radius 1 is 1.13 bits per heavy atom. The first-order chi connectivity index (χ1) is 15.2. The highest BCUT2D eigenvalue weighted by Crippen LogP contribution is 2.23. The van der Waals surface area contributed by atoms with Crippen LogP contribution in [0.3, 0.4) is 0 Å². The van der Waals surface area contributed by atoms with E-state index in [0.717, 1.165) is 42.4 Å². The van der Waals surface area contributed by atoms with Gasteiger partial charge in [-0.25, -0.2) is 4.98 Å². The minimum atomic E-state index is -0.0823. The number of nitrogens with two attached hydrogens (primary N) is 1. The van der Waals surface area contributed by atoms with Crippen LogP contribution in [0.15, 0.2) is 48.7 Å². The normalized spacial score (nSPS) is 20.0. The van der Waals surface area contributed by atoms with Crippen molar-refractivity contribution in [2.24, 2.45) is 5.73 Å². The highest BCUT2D eigenvalue weighted by atomic mass is 16.5. The first-order valence-corrected chi connectivity index (χ1v) is 11.1. The lowest BCUT2D eigenvalue weighted by atomic mass is 9.95. The number of fused-ring (bicyclic) bond motifs is 1. The highest BCUT2D eigenvalue weighted by molar-refractivity contribution is 5.78. The maximum absolute atomic E-state index is 6.55. The molecule has 2 aromatic heterocycles. The number of pyridine rings is 2. The molecular formula is C25H32N4O2. The first kappa shape index (κ1) is 21.7. The minimum absolute atomic E-state index is 0.0516. The Morgan fingerprint density at radius 2 is 1.94 bits per heavy atom.